The fourth-order valence-electron chi connectivity index (χ4n) is 2.04. The van der Waals surface area contributed by atoms with Crippen LogP contribution in [0.5, 0.6) is 0 Å². The standard InChI is InChI=1S/C12H21NO6S/c1-12(2,3)19-11(16)13-9-5-7-20(17,18)6-4-8(9)10(14)15/h8-9H,4-7H2,1-3H3,(H,13,16)(H,14,15)/t8-,9+/m0/s1. The van der Waals surface area contributed by atoms with Gasteiger partial charge in [0, 0.05) is 6.04 Å². The van der Waals surface area contributed by atoms with Gasteiger partial charge in [-0.2, -0.15) is 0 Å². The zero-order valence-corrected chi connectivity index (χ0v) is 12.7. The van der Waals surface area contributed by atoms with Crippen molar-refractivity contribution in [2.45, 2.75) is 45.3 Å². The molecule has 0 saturated carbocycles. The van der Waals surface area contributed by atoms with Gasteiger partial charge < -0.3 is 15.2 Å². The predicted octanol–water partition coefficient (Wildman–Crippen LogP) is 0.789. The third-order valence-corrected chi connectivity index (χ3v) is 4.70. The van der Waals surface area contributed by atoms with Crippen LogP contribution in [0.4, 0.5) is 4.79 Å². The molecule has 1 rings (SSSR count). The van der Waals surface area contributed by atoms with Gasteiger partial charge in [0.15, 0.2) is 0 Å². The van der Waals surface area contributed by atoms with Crippen LogP contribution in [0.15, 0.2) is 0 Å². The van der Waals surface area contributed by atoms with Crippen molar-refractivity contribution in [3.63, 3.8) is 0 Å². The summed E-state index contributed by atoms with van der Waals surface area (Å²) >= 11 is 0. The second kappa shape index (κ2) is 5.99. The summed E-state index contributed by atoms with van der Waals surface area (Å²) in [5.74, 6) is -2.32. The van der Waals surface area contributed by atoms with Gasteiger partial charge in [-0.1, -0.05) is 0 Å². The van der Waals surface area contributed by atoms with Gasteiger partial charge in [-0.15, -0.1) is 0 Å². The van der Waals surface area contributed by atoms with Crippen LogP contribution in [0.2, 0.25) is 0 Å². The van der Waals surface area contributed by atoms with E-state index in [1.54, 1.807) is 20.8 Å². The first kappa shape index (κ1) is 16.7. The van der Waals surface area contributed by atoms with E-state index in [0.717, 1.165) is 0 Å². The molecule has 1 aliphatic rings. The molecule has 1 aliphatic heterocycles. The lowest BCUT2D eigenvalue weighted by Gasteiger charge is -2.25. The largest absolute Gasteiger partial charge is 0.481 e. The van der Waals surface area contributed by atoms with Crippen molar-refractivity contribution in [1.29, 1.82) is 0 Å². The fraction of sp³-hybridized carbons (Fsp3) is 0.833. The van der Waals surface area contributed by atoms with Gasteiger partial charge in [0.25, 0.3) is 0 Å². The normalized spacial score (nSPS) is 26.4. The van der Waals surface area contributed by atoms with E-state index in [-0.39, 0.29) is 24.3 Å². The summed E-state index contributed by atoms with van der Waals surface area (Å²) in [5.41, 5.74) is -0.695. The zero-order chi connectivity index (χ0) is 15.6. The minimum atomic E-state index is -3.24. The Morgan fingerprint density at radius 3 is 2.25 bits per heavy atom. The molecule has 0 aliphatic carbocycles. The molecule has 0 unspecified atom stereocenters. The summed E-state index contributed by atoms with van der Waals surface area (Å²) in [6.07, 6.45) is -0.649. The molecular weight excluding hydrogens is 286 g/mol. The number of hydrogen-bond acceptors (Lipinski definition) is 5. The molecule has 0 aromatic heterocycles. The maximum atomic E-state index is 11.7. The highest BCUT2D eigenvalue weighted by molar-refractivity contribution is 7.91. The number of carboxylic acids is 1. The molecule has 0 aromatic rings. The summed E-state index contributed by atoms with van der Waals surface area (Å²) in [7, 11) is -3.24. The number of alkyl carbamates (subject to hydrolysis) is 1. The lowest BCUT2D eigenvalue weighted by molar-refractivity contribution is -0.142. The van der Waals surface area contributed by atoms with Gasteiger partial charge in [-0.05, 0) is 33.6 Å². The Hall–Kier alpha value is -1.31. The second-order valence-electron chi connectivity index (χ2n) is 5.93. The average Bonchev–Trinajstić information content (AvgIpc) is 2.35. The van der Waals surface area contributed by atoms with Crippen molar-refractivity contribution in [3.05, 3.63) is 0 Å². The van der Waals surface area contributed by atoms with Gasteiger partial charge in [-0.3, -0.25) is 4.79 Å². The predicted molar refractivity (Wildman–Crippen MR) is 72.2 cm³/mol. The SMILES string of the molecule is CC(C)(C)OC(=O)N[C@@H]1CCS(=O)(=O)CC[C@@H]1C(=O)O. The Labute approximate surface area is 118 Å². The number of amides is 1. The summed E-state index contributed by atoms with van der Waals surface area (Å²) in [4.78, 5) is 22.9. The molecule has 20 heavy (non-hydrogen) atoms. The van der Waals surface area contributed by atoms with Gasteiger partial charge >= 0.3 is 12.1 Å². The number of aliphatic carboxylic acids is 1. The van der Waals surface area contributed by atoms with Crippen LogP contribution >= 0.6 is 0 Å². The van der Waals surface area contributed by atoms with Gasteiger partial charge in [0.1, 0.15) is 15.4 Å². The highest BCUT2D eigenvalue weighted by Crippen LogP contribution is 2.20. The van der Waals surface area contributed by atoms with Gasteiger partial charge in [-0.25, -0.2) is 13.2 Å². The highest BCUT2D eigenvalue weighted by atomic mass is 32.2. The zero-order valence-electron chi connectivity index (χ0n) is 11.9. The van der Waals surface area contributed by atoms with Crippen LogP contribution in [0, 0.1) is 5.92 Å². The minimum absolute atomic E-state index is 0.00185. The molecule has 116 valence electrons. The molecule has 8 heteroatoms. The van der Waals surface area contributed by atoms with Crippen LogP contribution in [0.25, 0.3) is 0 Å². The van der Waals surface area contributed by atoms with Crippen LogP contribution in [0.3, 0.4) is 0 Å². The number of nitrogens with one attached hydrogen (secondary N) is 1. The third kappa shape index (κ3) is 5.36. The molecule has 0 aromatic carbocycles. The Balaban J connectivity index is 2.78. The number of ether oxygens (including phenoxy) is 1. The summed E-state index contributed by atoms with van der Waals surface area (Å²) in [6.45, 7) is 5.08. The molecule has 7 nitrogen and oxygen atoms in total. The molecule has 1 saturated heterocycles. The molecular formula is C12H21NO6S. The quantitative estimate of drug-likeness (QED) is 0.780. The molecule has 2 N–H and O–H groups in total. The lowest BCUT2D eigenvalue weighted by Crippen LogP contribution is -2.45. The summed E-state index contributed by atoms with van der Waals surface area (Å²) < 4.78 is 28.2. The van der Waals surface area contributed by atoms with E-state index in [1.165, 1.54) is 0 Å². The Morgan fingerprint density at radius 2 is 1.75 bits per heavy atom. The van der Waals surface area contributed by atoms with Crippen molar-refractivity contribution in [1.82, 2.24) is 5.32 Å². The van der Waals surface area contributed by atoms with Crippen LogP contribution in [-0.2, 0) is 19.4 Å². The number of carbonyl (C=O) groups is 2. The monoisotopic (exact) mass is 307 g/mol. The first-order valence-corrected chi connectivity index (χ1v) is 8.25. The highest BCUT2D eigenvalue weighted by Gasteiger charge is 2.35. The number of carboxylic acid groups (broad SMARTS) is 1. The molecule has 1 amide bonds. The minimum Gasteiger partial charge on any atom is -0.481 e. The first-order chi connectivity index (χ1) is 9.00. The number of sulfone groups is 1. The van der Waals surface area contributed by atoms with Crippen molar-refractivity contribution >= 4 is 21.9 Å². The number of carbonyl (C=O) groups excluding carboxylic acids is 1. The molecule has 1 heterocycles. The molecule has 2 atom stereocenters. The Bertz CT molecular complexity index is 479. The second-order valence-corrected chi connectivity index (χ2v) is 8.23. The topological polar surface area (TPSA) is 110 Å². The van der Waals surface area contributed by atoms with Crippen LogP contribution in [-0.4, -0.2) is 48.7 Å². The van der Waals surface area contributed by atoms with Crippen molar-refractivity contribution in [2.24, 2.45) is 5.92 Å². The summed E-state index contributed by atoms with van der Waals surface area (Å²) in [5, 5.41) is 11.6. The maximum Gasteiger partial charge on any atom is 0.407 e. The summed E-state index contributed by atoms with van der Waals surface area (Å²) in [6, 6.07) is -0.736. The smallest absolute Gasteiger partial charge is 0.407 e. The third-order valence-electron chi connectivity index (χ3n) is 2.98. The van der Waals surface area contributed by atoms with E-state index in [4.69, 9.17) is 9.84 Å². The molecule has 1 fully saturated rings. The maximum absolute atomic E-state index is 11.7. The van der Waals surface area contributed by atoms with Gasteiger partial charge in [0.2, 0.25) is 0 Å². The molecule has 0 spiro atoms. The van der Waals surface area contributed by atoms with Crippen molar-refractivity contribution < 1.29 is 27.9 Å². The van der Waals surface area contributed by atoms with E-state index < -0.39 is 39.5 Å². The van der Waals surface area contributed by atoms with Crippen molar-refractivity contribution in [3.8, 4) is 0 Å². The van der Waals surface area contributed by atoms with Crippen LogP contribution < -0.4 is 5.32 Å². The molecule has 0 bridgehead atoms. The number of hydrogen-bond donors (Lipinski definition) is 2. The van der Waals surface area contributed by atoms with Crippen LogP contribution in [0.1, 0.15) is 33.6 Å². The van der Waals surface area contributed by atoms with E-state index in [9.17, 15) is 18.0 Å². The molecule has 0 radical (unpaired) electrons. The van der Waals surface area contributed by atoms with E-state index in [2.05, 4.69) is 5.32 Å². The fourth-order valence-corrected chi connectivity index (χ4v) is 3.47. The average molecular weight is 307 g/mol. The van der Waals surface area contributed by atoms with Crippen molar-refractivity contribution in [2.75, 3.05) is 11.5 Å². The Kier molecular flexibility index (Phi) is 5.01. The van der Waals surface area contributed by atoms with E-state index >= 15 is 0 Å². The van der Waals surface area contributed by atoms with E-state index in [0.29, 0.717) is 0 Å². The lowest BCUT2D eigenvalue weighted by atomic mass is 9.95. The Morgan fingerprint density at radius 1 is 1.20 bits per heavy atom. The first-order valence-electron chi connectivity index (χ1n) is 6.43. The number of rotatable bonds is 2. The van der Waals surface area contributed by atoms with E-state index in [1.807, 2.05) is 0 Å². The van der Waals surface area contributed by atoms with Gasteiger partial charge in [0.05, 0.1) is 17.4 Å².